The maximum Gasteiger partial charge on any atom is 0.128 e. The number of rotatable bonds is 3. The fraction of sp³-hybridized carbons (Fsp3) is 0.385. The topological polar surface area (TPSA) is 12.0 Å². The zero-order chi connectivity index (χ0) is 11.5. The summed E-state index contributed by atoms with van der Waals surface area (Å²) in [6, 6.07) is 4.67. The number of likely N-dealkylation sites (N-methyl/N-ethyl adjacent to an activating group) is 1. The van der Waals surface area contributed by atoms with Gasteiger partial charge in [-0.2, -0.15) is 0 Å². The Morgan fingerprint density at radius 1 is 1.44 bits per heavy atom. The summed E-state index contributed by atoms with van der Waals surface area (Å²) in [5.41, 5.74) is 1.91. The summed E-state index contributed by atoms with van der Waals surface area (Å²) in [4.78, 5) is 0. The van der Waals surface area contributed by atoms with E-state index < -0.39 is 0 Å². The molecule has 1 nitrogen and oxygen atoms in total. The molecule has 0 aliphatic heterocycles. The molecule has 16 heavy (non-hydrogen) atoms. The van der Waals surface area contributed by atoms with E-state index in [9.17, 15) is 4.39 Å². The van der Waals surface area contributed by atoms with Crippen LogP contribution in [-0.2, 0) is 0 Å². The van der Waals surface area contributed by atoms with E-state index in [4.69, 9.17) is 11.6 Å². The molecular weight excluding hydrogens is 225 g/mol. The van der Waals surface area contributed by atoms with Gasteiger partial charge in [0.15, 0.2) is 0 Å². The lowest BCUT2D eigenvalue weighted by molar-refractivity contribution is 0.566. The lowest BCUT2D eigenvalue weighted by Gasteiger charge is -2.19. The van der Waals surface area contributed by atoms with Crippen molar-refractivity contribution in [2.24, 2.45) is 0 Å². The average Bonchev–Trinajstić information content (AvgIpc) is 2.78. The van der Waals surface area contributed by atoms with E-state index in [0.29, 0.717) is 10.6 Å². The normalized spacial score (nSPS) is 17.3. The molecule has 3 heteroatoms. The van der Waals surface area contributed by atoms with E-state index >= 15 is 0 Å². The van der Waals surface area contributed by atoms with Crippen LogP contribution in [0.1, 0.15) is 30.9 Å². The second-order valence-corrected chi connectivity index (χ2v) is 4.50. The minimum Gasteiger partial charge on any atom is -0.310 e. The van der Waals surface area contributed by atoms with Crippen LogP contribution >= 0.6 is 11.6 Å². The summed E-state index contributed by atoms with van der Waals surface area (Å²) in [6.07, 6.45) is 5.49. The zero-order valence-electron chi connectivity index (χ0n) is 9.26. The molecule has 0 fully saturated rings. The SMILES string of the molecule is CNC(C1=CCCC1)c1cc(Cl)ccc1F. The van der Waals surface area contributed by atoms with Crippen molar-refractivity contribution in [2.75, 3.05) is 7.05 Å². The van der Waals surface area contributed by atoms with Gasteiger partial charge in [0.2, 0.25) is 0 Å². The zero-order valence-corrected chi connectivity index (χ0v) is 10.0. The largest absolute Gasteiger partial charge is 0.310 e. The Bertz CT molecular complexity index is 414. The molecule has 1 atom stereocenters. The van der Waals surface area contributed by atoms with Crippen LogP contribution in [0.5, 0.6) is 0 Å². The molecule has 1 aromatic rings. The second-order valence-electron chi connectivity index (χ2n) is 4.06. The molecule has 1 aromatic carbocycles. The smallest absolute Gasteiger partial charge is 0.128 e. The first kappa shape index (κ1) is 11.6. The second kappa shape index (κ2) is 4.98. The lowest BCUT2D eigenvalue weighted by atomic mass is 9.98. The first-order chi connectivity index (χ1) is 7.72. The molecule has 0 radical (unpaired) electrons. The standard InChI is InChI=1S/C13H15ClFN/c1-16-13(9-4-2-3-5-9)11-8-10(14)6-7-12(11)15/h4,6-8,13,16H,2-3,5H2,1H3. The van der Waals surface area contributed by atoms with Gasteiger partial charge >= 0.3 is 0 Å². The van der Waals surface area contributed by atoms with Crippen LogP contribution in [0.15, 0.2) is 29.8 Å². The lowest BCUT2D eigenvalue weighted by Crippen LogP contribution is -2.19. The summed E-state index contributed by atoms with van der Waals surface area (Å²) < 4.78 is 13.7. The first-order valence-corrected chi connectivity index (χ1v) is 5.91. The van der Waals surface area contributed by atoms with Crippen LogP contribution in [0.2, 0.25) is 5.02 Å². The third-order valence-corrected chi connectivity index (χ3v) is 3.24. The van der Waals surface area contributed by atoms with E-state index in [1.165, 1.54) is 11.6 Å². The third-order valence-electron chi connectivity index (χ3n) is 3.00. The summed E-state index contributed by atoms with van der Waals surface area (Å²) in [6.45, 7) is 0. The molecule has 2 rings (SSSR count). The molecule has 0 amide bonds. The van der Waals surface area contributed by atoms with Crippen molar-refractivity contribution in [1.29, 1.82) is 0 Å². The van der Waals surface area contributed by atoms with Gasteiger partial charge < -0.3 is 5.32 Å². The molecule has 0 saturated heterocycles. The van der Waals surface area contributed by atoms with Crippen molar-refractivity contribution in [3.63, 3.8) is 0 Å². The molecule has 1 aliphatic rings. The van der Waals surface area contributed by atoms with E-state index in [1.54, 1.807) is 12.1 Å². The van der Waals surface area contributed by atoms with E-state index in [0.717, 1.165) is 19.3 Å². The maximum atomic E-state index is 13.7. The quantitative estimate of drug-likeness (QED) is 0.790. The van der Waals surface area contributed by atoms with Crippen molar-refractivity contribution >= 4 is 11.6 Å². The van der Waals surface area contributed by atoms with Gasteiger partial charge in [0.25, 0.3) is 0 Å². The summed E-state index contributed by atoms with van der Waals surface area (Å²) in [5.74, 6) is -0.198. The van der Waals surface area contributed by atoms with Crippen molar-refractivity contribution in [2.45, 2.75) is 25.3 Å². The van der Waals surface area contributed by atoms with E-state index in [-0.39, 0.29) is 11.9 Å². The Morgan fingerprint density at radius 3 is 2.88 bits per heavy atom. The molecule has 1 N–H and O–H groups in total. The van der Waals surface area contributed by atoms with Crippen molar-refractivity contribution < 1.29 is 4.39 Å². The molecule has 86 valence electrons. The third kappa shape index (κ3) is 2.28. The highest BCUT2D eigenvalue weighted by Crippen LogP contribution is 2.32. The Morgan fingerprint density at radius 2 is 2.25 bits per heavy atom. The Kier molecular flexibility index (Phi) is 3.62. The van der Waals surface area contributed by atoms with Crippen LogP contribution < -0.4 is 5.32 Å². The van der Waals surface area contributed by atoms with Crippen LogP contribution in [0.25, 0.3) is 0 Å². The number of halogens is 2. The Labute approximate surface area is 100 Å². The number of hydrogen-bond donors (Lipinski definition) is 1. The fourth-order valence-electron chi connectivity index (χ4n) is 2.23. The summed E-state index contributed by atoms with van der Waals surface area (Å²) in [5, 5.41) is 3.74. The van der Waals surface area contributed by atoms with Crippen LogP contribution in [0, 0.1) is 5.82 Å². The minimum absolute atomic E-state index is 0.0406. The van der Waals surface area contributed by atoms with Crippen molar-refractivity contribution in [3.05, 3.63) is 46.3 Å². The van der Waals surface area contributed by atoms with Gasteiger partial charge in [-0.15, -0.1) is 0 Å². The first-order valence-electron chi connectivity index (χ1n) is 5.53. The molecule has 1 aliphatic carbocycles. The number of allylic oxidation sites excluding steroid dienone is 1. The Hall–Kier alpha value is -0.860. The van der Waals surface area contributed by atoms with E-state index in [2.05, 4.69) is 11.4 Å². The van der Waals surface area contributed by atoms with Crippen molar-refractivity contribution in [1.82, 2.24) is 5.32 Å². The number of hydrogen-bond acceptors (Lipinski definition) is 1. The molecule has 1 unspecified atom stereocenters. The van der Waals surface area contributed by atoms with Crippen LogP contribution in [0.4, 0.5) is 4.39 Å². The predicted octanol–water partition coefficient (Wildman–Crippen LogP) is 3.85. The van der Waals surface area contributed by atoms with Gasteiger partial charge in [-0.1, -0.05) is 23.3 Å². The molecular formula is C13H15ClFN. The van der Waals surface area contributed by atoms with Gasteiger partial charge in [0.1, 0.15) is 5.82 Å². The predicted molar refractivity (Wildman–Crippen MR) is 65.1 cm³/mol. The monoisotopic (exact) mass is 239 g/mol. The molecule has 0 saturated carbocycles. The van der Waals surface area contributed by atoms with Gasteiger partial charge in [0.05, 0.1) is 6.04 Å². The van der Waals surface area contributed by atoms with Gasteiger partial charge in [-0.3, -0.25) is 0 Å². The van der Waals surface area contributed by atoms with Gasteiger partial charge in [0, 0.05) is 10.6 Å². The average molecular weight is 240 g/mol. The van der Waals surface area contributed by atoms with Crippen LogP contribution in [-0.4, -0.2) is 7.05 Å². The molecule has 0 spiro atoms. The summed E-state index contributed by atoms with van der Waals surface area (Å²) in [7, 11) is 1.85. The van der Waals surface area contributed by atoms with Gasteiger partial charge in [-0.25, -0.2) is 4.39 Å². The fourth-order valence-corrected chi connectivity index (χ4v) is 2.41. The Balaban J connectivity index is 2.35. The molecule has 0 bridgehead atoms. The van der Waals surface area contributed by atoms with E-state index in [1.807, 2.05) is 7.05 Å². The molecule has 0 heterocycles. The van der Waals surface area contributed by atoms with Crippen molar-refractivity contribution in [3.8, 4) is 0 Å². The number of benzene rings is 1. The van der Waals surface area contributed by atoms with Crippen LogP contribution in [0.3, 0.4) is 0 Å². The highest BCUT2D eigenvalue weighted by atomic mass is 35.5. The minimum atomic E-state index is -0.198. The summed E-state index contributed by atoms with van der Waals surface area (Å²) >= 11 is 5.91. The maximum absolute atomic E-state index is 13.7. The highest BCUT2D eigenvalue weighted by molar-refractivity contribution is 6.30. The highest BCUT2D eigenvalue weighted by Gasteiger charge is 2.20. The van der Waals surface area contributed by atoms with Gasteiger partial charge in [-0.05, 0) is 44.5 Å². The molecule has 0 aromatic heterocycles. The number of nitrogens with one attached hydrogen (secondary N) is 1.